The van der Waals surface area contributed by atoms with Gasteiger partial charge in [0.05, 0.1) is 16.8 Å². The molecule has 2 aromatic heterocycles. The number of para-hydroxylation sites is 2. The molecule has 0 bridgehead atoms. The number of anilines is 3. The Bertz CT molecular complexity index is 3530. The molecule has 10 aromatic carbocycles. The van der Waals surface area contributed by atoms with E-state index in [1.165, 1.54) is 27.1 Å². The van der Waals surface area contributed by atoms with E-state index in [1.807, 2.05) is 12.1 Å². The smallest absolute Gasteiger partial charge is 0.143 e. The van der Waals surface area contributed by atoms with Crippen LogP contribution in [0.4, 0.5) is 17.1 Å². The Hall–Kier alpha value is -7.62. The summed E-state index contributed by atoms with van der Waals surface area (Å²) in [5.74, 6) is 0. The van der Waals surface area contributed by atoms with Gasteiger partial charge in [-0.25, -0.2) is 0 Å². The van der Waals surface area contributed by atoms with Gasteiger partial charge in [0.1, 0.15) is 22.3 Å². The predicted molar refractivity (Wildman–Crippen MR) is 239 cm³/mol. The Balaban J connectivity index is 1.08. The Morgan fingerprint density at radius 1 is 0.316 bits per heavy atom. The minimum atomic E-state index is 0.851. The van der Waals surface area contributed by atoms with Crippen LogP contribution in [0.5, 0.6) is 0 Å². The molecule has 0 radical (unpaired) electrons. The standard InChI is InChI=1S/C54H33NO2/c1-3-13-40-35(11-1)23-24-38-33-37(28-31-41(38)40)34-25-29-39(30-26-34)55(48-19-10-22-51-53(48)46-32-27-36-12-2-4-14-42(36)54(46)57-51)47-18-7-5-15-43(47)44-17-9-21-50-52(44)45-16-6-8-20-49(45)56-50/h1-33H. The van der Waals surface area contributed by atoms with E-state index in [4.69, 9.17) is 8.83 Å². The van der Waals surface area contributed by atoms with Gasteiger partial charge in [0.25, 0.3) is 0 Å². The van der Waals surface area contributed by atoms with Crippen LogP contribution in [0.3, 0.4) is 0 Å². The molecule has 0 saturated heterocycles. The van der Waals surface area contributed by atoms with Crippen LogP contribution < -0.4 is 4.90 Å². The molecule has 0 fully saturated rings. The summed E-state index contributed by atoms with van der Waals surface area (Å²) in [7, 11) is 0. The number of nitrogens with zero attached hydrogens (tertiary/aromatic N) is 1. The number of furan rings is 2. The quantitative estimate of drug-likeness (QED) is 0.165. The molecule has 0 amide bonds. The molecular formula is C54H33NO2. The maximum atomic E-state index is 6.74. The van der Waals surface area contributed by atoms with Gasteiger partial charge >= 0.3 is 0 Å². The van der Waals surface area contributed by atoms with Gasteiger partial charge in [-0.15, -0.1) is 0 Å². The van der Waals surface area contributed by atoms with Crippen LogP contribution in [0.15, 0.2) is 209 Å². The van der Waals surface area contributed by atoms with E-state index < -0.39 is 0 Å². The summed E-state index contributed by atoms with van der Waals surface area (Å²) in [6.07, 6.45) is 0. The molecule has 0 saturated carbocycles. The van der Waals surface area contributed by atoms with E-state index in [-0.39, 0.29) is 0 Å². The van der Waals surface area contributed by atoms with Crippen molar-refractivity contribution < 1.29 is 8.83 Å². The molecule has 0 aliphatic carbocycles. The van der Waals surface area contributed by atoms with E-state index in [0.717, 1.165) is 88.4 Å². The van der Waals surface area contributed by atoms with Gasteiger partial charge < -0.3 is 13.7 Å². The highest BCUT2D eigenvalue weighted by molar-refractivity contribution is 6.20. The maximum absolute atomic E-state index is 6.74. The molecular weight excluding hydrogens is 695 g/mol. The topological polar surface area (TPSA) is 29.5 Å². The Morgan fingerprint density at radius 3 is 1.77 bits per heavy atom. The number of hydrogen-bond acceptors (Lipinski definition) is 3. The first-order valence-electron chi connectivity index (χ1n) is 19.4. The van der Waals surface area contributed by atoms with E-state index in [0.29, 0.717) is 0 Å². The van der Waals surface area contributed by atoms with Crippen molar-refractivity contribution in [3.05, 3.63) is 200 Å². The second-order valence-electron chi connectivity index (χ2n) is 14.8. The number of benzene rings is 10. The third-order valence-electron chi connectivity index (χ3n) is 11.6. The molecule has 12 rings (SSSR count). The first kappa shape index (κ1) is 31.7. The van der Waals surface area contributed by atoms with Crippen molar-refractivity contribution in [2.45, 2.75) is 0 Å². The van der Waals surface area contributed by atoms with Gasteiger partial charge in [-0.1, -0.05) is 146 Å². The van der Waals surface area contributed by atoms with Crippen LogP contribution in [0, 0.1) is 0 Å². The lowest BCUT2D eigenvalue weighted by Gasteiger charge is -2.29. The Labute approximate surface area is 328 Å². The van der Waals surface area contributed by atoms with Crippen molar-refractivity contribution >= 4 is 93.3 Å². The zero-order chi connectivity index (χ0) is 37.5. The first-order chi connectivity index (χ1) is 28.3. The Kier molecular flexibility index (Phi) is 6.93. The van der Waals surface area contributed by atoms with Crippen molar-refractivity contribution in [1.29, 1.82) is 0 Å². The minimum absolute atomic E-state index is 0.851. The molecule has 0 N–H and O–H groups in total. The van der Waals surface area contributed by atoms with Crippen LogP contribution in [0.2, 0.25) is 0 Å². The molecule has 266 valence electrons. The maximum Gasteiger partial charge on any atom is 0.143 e. The van der Waals surface area contributed by atoms with Gasteiger partial charge in [0.15, 0.2) is 0 Å². The van der Waals surface area contributed by atoms with Gasteiger partial charge in [-0.3, -0.25) is 0 Å². The summed E-state index contributed by atoms with van der Waals surface area (Å²) in [6, 6.07) is 71.6. The normalized spacial score (nSPS) is 11.9. The highest BCUT2D eigenvalue weighted by Gasteiger charge is 2.24. The minimum Gasteiger partial charge on any atom is -0.456 e. The van der Waals surface area contributed by atoms with Gasteiger partial charge in [-0.2, -0.15) is 0 Å². The number of fused-ring (bicyclic) bond motifs is 11. The molecule has 0 spiro atoms. The second-order valence-corrected chi connectivity index (χ2v) is 14.8. The summed E-state index contributed by atoms with van der Waals surface area (Å²) >= 11 is 0. The molecule has 0 aliphatic rings. The van der Waals surface area contributed by atoms with Gasteiger partial charge in [-0.05, 0) is 98.2 Å². The van der Waals surface area contributed by atoms with Crippen LogP contribution in [0.25, 0.3) is 98.4 Å². The van der Waals surface area contributed by atoms with Crippen molar-refractivity contribution in [1.82, 2.24) is 0 Å². The Morgan fingerprint density at radius 2 is 0.895 bits per heavy atom. The lowest BCUT2D eigenvalue weighted by molar-refractivity contribution is 0.669. The molecule has 3 heteroatoms. The van der Waals surface area contributed by atoms with Crippen LogP contribution in [0.1, 0.15) is 0 Å². The third-order valence-corrected chi connectivity index (χ3v) is 11.6. The van der Waals surface area contributed by atoms with E-state index in [1.54, 1.807) is 0 Å². The van der Waals surface area contributed by atoms with Gasteiger partial charge in [0, 0.05) is 32.8 Å². The van der Waals surface area contributed by atoms with Crippen molar-refractivity contribution in [2.24, 2.45) is 0 Å². The summed E-state index contributed by atoms with van der Waals surface area (Å²) < 4.78 is 13.1. The lowest BCUT2D eigenvalue weighted by atomic mass is 9.96. The monoisotopic (exact) mass is 727 g/mol. The van der Waals surface area contributed by atoms with Crippen molar-refractivity contribution in [3.63, 3.8) is 0 Å². The average Bonchev–Trinajstić information content (AvgIpc) is 3.86. The van der Waals surface area contributed by atoms with E-state index in [9.17, 15) is 0 Å². The van der Waals surface area contributed by atoms with E-state index in [2.05, 4.69) is 193 Å². The molecule has 0 aliphatic heterocycles. The zero-order valence-electron chi connectivity index (χ0n) is 30.8. The summed E-state index contributed by atoms with van der Waals surface area (Å²) in [5, 5.41) is 11.7. The lowest BCUT2D eigenvalue weighted by Crippen LogP contribution is -2.11. The van der Waals surface area contributed by atoms with Crippen LogP contribution in [-0.4, -0.2) is 0 Å². The summed E-state index contributed by atoms with van der Waals surface area (Å²) in [4.78, 5) is 2.40. The highest BCUT2D eigenvalue weighted by Crippen LogP contribution is 2.48. The SMILES string of the molecule is c1ccc(N(c2ccc(-c3ccc4c(ccc5ccccc54)c3)cc2)c2cccc3oc4c5ccccc5ccc4c23)c(-c2cccc3oc4ccccc4c23)c1. The molecule has 0 atom stereocenters. The fraction of sp³-hybridized carbons (Fsp3) is 0. The largest absolute Gasteiger partial charge is 0.456 e. The van der Waals surface area contributed by atoms with E-state index >= 15 is 0 Å². The summed E-state index contributed by atoms with van der Waals surface area (Å²) in [5.41, 5.74) is 11.2. The highest BCUT2D eigenvalue weighted by atomic mass is 16.3. The first-order valence-corrected chi connectivity index (χ1v) is 19.4. The fourth-order valence-electron chi connectivity index (χ4n) is 9.02. The van der Waals surface area contributed by atoms with Crippen molar-refractivity contribution in [3.8, 4) is 22.3 Å². The zero-order valence-corrected chi connectivity index (χ0v) is 30.8. The van der Waals surface area contributed by atoms with Gasteiger partial charge in [0.2, 0.25) is 0 Å². The molecule has 2 heterocycles. The number of hydrogen-bond donors (Lipinski definition) is 0. The van der Waals surface area contributed by atoms with Crippen LogP contribution in [-0.2, 0) is 0 Å². The molecule has 12 aromatic rings. The number of rotatable bonds is 5. The molecule has 57 heavy (non-hydrogen) atoms. The molecule has 0 unspecified atom stereocenters. The fourth-order valence-corrected chi connectivity index (χ4v) is 9.02. The average molecular weight is 728 g/mol. The third kappa shape index (κ3) is 4.92. The molecule has 3 nitrogen and oxygen atoms in total. The second kappa shape index (κ2) is 12.5. The van der Waals surface area contributed by atoms with Crippen molar-refractivity contribution in [2.75, 3.05) is 4.90 Å². The predicted octanol–water partition coefficient (Wildman–Crippen LogP) is 15.7. The summed E-state index contributed by atoms with van der Waals surface area (Å²) in [6.45, 7) is 0. The van der Waals surface area contributed by atoms with Crippen LogP contribution >= 0.6 is 0 Å².